The summed E-state index contributed by atoms with van der Waals surface area (Å²) in [4.78, 5) is 11.6. The molecule has 3 atom stereocenters. The fourth-order valence-corrected chi connectivity index (χ4v) is 2.68. The van der Waals surface area contributed by atoms with Crippen molar-refractivity contribution in [3.05, 3.63) is 24.3 Å². The molecule has 1 fully saturated rings. The first-order valence-electron chi connectivity index (χ1n) is 5.01. The van der Waals surface area contributed by atoms with E-state index in [0.29, 0.717) is 0 Å². The first-order chi connectivity index (χ1) is 6.77. The van der Waals surface area contributed by atoms with Gasteiger partial charge in [0.05, 0.1) is 5.41 Å². The fourth-order valence-electron chi connectivity index (χ4n) is 2.68. The smallest absolute Gasteiger partial charge is 0.137 e. The summed E-state index contributed by atoms with van der Waals surface area (Å²) < 4.78 is 0. The molecular weight excluding hydrogens is 176 g/mol. The van der Waals surface area contributed by atoms with Gasteiger partial charge in [0.25, 0.3) is 0 Å². The number of carbonyl (C=O) groups excluding carboxylic acids is 1. The average Bonchev–Trinajstić information content (AvgIpc) is 2.61. The highest BCUT2D eigenvalue weighted by molar-refractivity contribution is 5.83. The van der Waals surface area contributed by atoms with Crippen molar-refractivity contribution >= 4 is 5.78 Å². The Labute approximate surface area is 82.6 Å². The van der Waals surface area contributed by atoms with E-state index in [1.165, 1.54) is 0 Å². The molecule has 72 valence electrons. The lowest BCUT2D eigenvalue weighted by atomic mass is 9.85. The van der Waals surface area contributed by atoms with E-state index in [1.54, 1.807) is 6.92 Å². The second-order valence-electron chi connectivity index (χ2n) is 4.28. The lowest BCUT2D eigenvalue weighted by Gasteiger charge is -2.16. The normalized spacial score (nSPS) is 47.1. The highest BCUT2D eigenvalue weighted by Crippen LogP contribution is 2.63. The maximum absolute atomic E-state index is 11.6. The summed E-state index contributed by atoms with van der Waals surface area (Å²) >= 11 is 0. The molecule has 0 amide bonds. The Morgan fingerprint density at radius 3 is 2.64 bits per heavy atom. The molecule has 0 aromatic heterocycles. The van der Waals surface area contributed by atoms with E-state index in [9.17, 15) is 4.79 Å². The molecule has 0 aromatic carbocycles. The van der Waals surface area contributed by atoms with Crippen molar-refractivity contribution in [1.82, 2.24) is 0 Å². The van der Waals surface area contributed by atoms with Gasteiger partial charge in [0.2, 0.25) is 0 Å². The number of ketones is 1. The minimum absolute atomic E-state index is 0.00810. The van der Waals surface area contributed by atoms with Gasteiger partial charge in [-0.25, -0.2) is 0 Å². The molecule has 3 unspecified atom stereocenters. The number of fused-ring (bicyclic) bond motifs is 3. The van der Waals surface area contributed by atoms with Crippen LogP contribution in [0.5, 0.6) is 0 Å². The lowest BCUT2D eigenvalue weighted by molar-refractivity contribution is -0.120. The first kappa shape index (κ1) is 8.09. The van der Waals surface area contributed by atoms with Gasteiger partial charge in [0.15, 0.2) is 0 Å². The monoisotopic (exact) mass is 188 g/mol. The Morgan fingerprint density at radius 2 is 2.07 bits per heavy atom. The first-order valence-corrected chi connectivity index (χ1v) is 5.01. The van der Waals surface area contributed by atoms with Crippen molar-refractivity contribution in [1.29, 1.82) is 0 Å². The molecule has 3 rings (SSSR count). The van der Waals surface area contributed by atoms with E-state index < -0.39 is 0 Å². The summed E-state index contributed by atoms with van der Waals surface area (Å²) in [6.07, 6.45) is 9.31. The van der Waals surface area contributed by atoms with Crippen LogP contribution in [-0.2, 0) is 4.79 Å². The molecule has 14 heavy (non-hydrogen) atoms. The molecule has 3 heteroatoms. The van der Waals surface area contributed by atoms with Gasteiger partial charge in [-0.3, -0.25) is 4.79 Å². The fraction of sp³-hybridized carbons (Fsp3) is 0.545. The van der Waals surface area contributed by atoms with Crippen LogP contribution < -0.4 is 0 Å². The Bertz CT molecular complexity index is 369. The third kappa shape index (κ3) is 0.757. The molecule has 3 nitrogen and oxygen atoms in total. The molecule has 0 radical (unpaired) electrons. The van der Waals surface area contributed by atoms with Gasteiger partial charge in [-0.05, 0) is 13.3 Å². The number of Topliss-reactive ketones (excluding diaryl/α,β-unsaturated/α-hetero) is 1. The van der Waals surface area contributed by atoms with E-state index in [4.69, 9.17) is 0 Å². The molecule has 3 aliphatic rings. The van der Waals surface area contributed by atoms with E-state index >= 15 is 0 Å². The quantitative estimate of drug-likeness (QED) is 0.579. The molecule has 0 bridgehead atoms. The van der Waals surface area contributed by atoms with Crippen molar-refractivity contribution in [2.75, 3.05) is 0 Å². The van der Waals surface area contributed by atoms with Crippen LogP contribution in [0.4, 0.5) is 0 Å². The van der Waals surface area contributed by atoms with Gasteiger partial charge in [-0.1, -0.05) is 24.3 Å². The van der Waals surface area contributed by atoms with Gasteiger partial charge >= 0.3 is 0 Å². The van der Waals surface area contributed by atoms with Crippen LogP contribution in [0.2, 0.25) is 0 Å². The van der Waals surface area contributed by atoms with Crippen molar-refractivity contribution in [2.45, 2.75) is 25.4 Å². The Hall–Kier alpha value is -1.25. The number of hydrogen-bond acceptors (Lipinski definition) is 3. The minimum Gasteiger partial charge on any atom is -0.299 e. The van der Waals surface area contributed by atoms with Gasteiger partial charge in [0.1, 0.15) is 17.9 Å². The Kier molecular flexibility index (Phi) is 1.39. The molecule has 0 aromatic rings. The second kappa shape index (κ2) is 2.41. The van der Waals surface area contributed by atoms with Crippen molar-refractivity contribution < 1.29 is 4.79 Å². The summed E-state index contributed by atoms with van der Waals surface area (Å²) in [6, 6.07) is 0.575. The van der Waals surface area contributed by atoms with Gasteiger partial charge in [-0.15, -0.1) is 0 Å². The molecule has 0 N–H and O–H groups in total. The number of rotatable bonds is 1. The van der Waals surface area contributed by atoms with Crippen LogP contribution >= 0.6 is 0 Å². The number of hydrogen-bond donors (Lipinski definition) is 0. The van der Waals surface area contributed by atoms with Gasteiger partial charge < -0.3 is 0 Å². The van der Waals surface area contributed by atoms with Crippen LogP contribution in [0.15, 0.2) is 34.5 Å². The lowest BCUT2D eigenvalue weighted by Crippen LogP contribution is -2.22. The third-order valence-corrected chi connectivity index (χ3v) is 3.51. The highest BCUT2D eigenvalue weighted by atomic mass is 16.1. The van der Waals surface area contributed by atoms with E-state index in [1.807, 2.05) is 6.08 Å². The zero-order valence-electron chi connectivity index (χ0n) is 8.05. The molecular formula is C11H12N2O. The molecule has 1 aliphatic heterocycles. The van der Waals surface area contributed by atoms with Crippen molar-refractivity contribution in [2.24, 2.45) is 21.6 Å². The second-order valence-corrected chi connectivity index (χ2v) is 4.28. The number of azo groups is 1. The molecule has 1 heterocycles. The summed E-state index contributed by atoms with van der Waals surface area (Å²) in [5, 5.41) is 8.16. The molecule has 0 saturated heterocycles. The predicted octanol–water partition coefficient (Wildman–Crippen LogP) is 1.91. The Morgan fingerprint density at radius 1 is 1.36 bits per heavy atom. The topological polar surface area (TPSA) is 41.8 Å². The SMILES string of the molecule is CC(=O)C1C=CCC=CC12C1N=NC12. The van der Waals surface area contributed by atoms with E-state index in [-0.39, 0.29) is 29.2 Å². The van der Waals surface area contributed by atoms with Crippen molar-refractivity contribution in [3.8, 4) is 0 Å². The van der Waals surface area contributed by atoms with E-state index in [2.05, 4.69) is 28.5 Å². The van der Waals surface area contributed by atoms with Crippen LogP contribution in [0.25, 0.3) is 0 Å². The van der Waals surface area contributed by atoms with Gasteiger partial charge in [-0.2, -0.15) is 10.2 Å². The summed E-state index contributed by atoms with van der Waals surface area (Å²) in [7, 11) is 0. The number of carbonyl (C=O) groups is 1. The standard InChI is InChI=1S/C11H12N2O/c1-7(14)8-5-3-2-4-6-11(8)9-10(11)13-12-9/h3-6,8-10H,2H2,1H3. The molecule has 1 spiro atoms. The summed E-state index contributed by atoms with van der Waals surface area (Å²) in [6.45, 7) is 1.66. The Balaban J connectivity index is 2.01. The average molecular weight is 188 g/mol. The summed E-state index contributed by atoms with van der Waals surface area (Å²) in [5.74, 6) is 0.221. The summed E-state index contributed by atoms with van der Waals surface area (Å²) in [5.41, 5.74) is -0.0706. The molecule has 2 aliphatic carbocycles. The maximum Gasteiger partial charge on any atom is 0.137 e. The van der Waals surface area contributed by atoms with Crippen LogP contribution in [0.3, 0.4) is 0 Å². The van der Waals surface area contributed by atoms with Crippen molar-refractivity contribution in [3.63, 3.8) is 0 Å². The van der Waals surface area contributed by atoms with Crippen LogP contribution in [0.1, 0.15) is 13.3 Å². The zero-order chi connectivity index (χ0) is 9.76. The molecule has 1 saturated carbocycles. The highest BCUT2D eigenvalue weighted by Gasteiger charge is 2.73. The zero-order valence-corrected chi connectivity index (χ0v) is 8.05. The van der Waals surface area contributed by atoms with E-state index in [0.717, 1.165) is 6.42 Å². The van der Waals surface area contributed by atoms with Crippen LogP contribution in [-0.4, -0.2) is 17.9 Å². The predicted molar refractivity (Wildman–Crippen MR) is 51.9 cm³/mol. The number of allylic oxidation sites excluding steroid dienone is 3. The number of nitrogens with zero attached hydrogens (tertiary/aromatic N) is 2. The van der Waals surface area contributed by atoms with Crippen LogP contribution in [0, 0.1) is 11.3 Å². The minimum atomic E-state index is -0.0706. The maximum atomic E-state index is 11.6. The third-order valence-electron chi connectivity index (χ3n) is 3.51. The van der Waals surface area contributed by atoms with Gasteiger partial charge in [0, 0.05) is 5.92 Å². The largest absolute Gasteiger partial charge is 0.299 e.